The minimum absolute atomic E-state index is 0.150. The number of rotatable bonds is 4. The van der Waals surface area contributed by atoms with Crippen LogP contribution in [0.4, 0.5) is 11.5 Å². The molecule has 0 aliphatic carbocycles. The molecule has 3 N–H and O–H groups in total. The summed E-state index contributed by atoms with van der Waals surface area (Å²) in [5.41, 5.74) is 6.52. The van der Waals surface area contributed by atoms with E-state index in [1.165, 1.54) is 0 Å². The summed E-state index contributed by atoms with van der Waals surface area (Å²) < 4.78 is 5.28. The van der Waals surface area contributed by atoms with Gasteiger partial charge < -0.3 is 20.5 Å². The molecule has 19 heavy (non-hydrogen) atoms. The number of aromatic nitrogens is 1. The Kier molecular flexibility index (Phi) is 3.41. The maximum Gasteiger partial charge on any atom is 0.323 e. The third-order valence-corrected chi connectivity index (χ3v) is 2.85. The predicted octanol–water partition coefficient (Wildman–Crippen LogP) is 1.35. The SMILES string of the molecule is COc1ccc(N)c2c(N(C)CC(=O)O)nccc12. The van der Waals surface area contributed by atoms with E-state index in [1.807, 2.05) is 0 Å². The monoisotopic (exact) mass is 261 g/mol. The van der Waals surface area contributed by atoms with Gasteiger partial charge in [0.05, 0.1) is 12.5 Å². The van der Waals surface area contributed by atoms with Crippen molar-refractivity contribution >= 4 is 28.2 Å². The number of methoxy groups -OCH3 is 1. The Morgan fingerprint density at radius 1 is 1.47 bits per heavy atom. The summed E-state index contributed by atoms with van der Waals surface area (Å²) in [6, 6.07) is 5.29. The van der Waals surface area contributed by atoms with Gasteiger partial charge in [-0.25, -0.2) is 4.98 Å². The second-order valence-corrected chi connectivity index (χ2v) is 4.16. The first-order chi connectivity index (χ1) is 9.04. The molecule has 0 fully saturated rings. The van der Waals surface area contributed by atoms with Crippen molar-refractivity contribution < 1.29 is 14.6 Å². The van der Waals surface area contributed by atoms with E-state index in [2.05, 4.69) is 4.98 Å². The van der Waals surface area contributed by atoms with Crippen molar-refractivity contribution in [3.63, 3.8) is 0 Å². The van der Waals surface area contributed by atoms with Gasteiger partial charge in [0.25, 0.3) is 0 Å². The number of nitrogens with zero attached hydrogens (tertiary/aromatic N) is 2. The Morgan fingerprint density at radius 3 is 2.84 bits per heavy atom. The lowest BCUT2D eigenvalue weighted by Crippen LogP contribution is -2.26. The Hall–Kier alpha value is -2.50. The standard InChI is InChI=1S/C13H15N3O3/c1-16(7-11(17)18)13-12-8(5-6-15-13)10(19-2)4-3-9(12)14/h3-6H,7,14H2,1-2H3,(H,17,18). The zero-order valence-corrected chi connectivity index (χ0v) is 10.8. The van der Waals surface area contributed by atoms with Crippen LogP contribution in [-0.2, 0) is 4.79 Å². The van der Waals surface area contributed by atoms with E-state index >= 15 is 0 Å². The van der Waals surface area contributed by atoms with E-state index in [-0.39, 0.29) is 6.54 Å². The van der Waals surface area contributed by atoms with Crippen molar-refractivity contribution in [2.24, 2.45) is 0 Å². The summed E-state index contributed by atoms with van der Waals surface area (Å²) in [5, 5.41) is 10.4. The number of fused-ring (bicyclic) bond motifs is 1. The van der Waals surface area contributed by atoms with E-state index in [4.69, 9.17) is 15.6 Å². The Balaban J connectivity index is 2.65. The summed E-state index contributed by atoms with van der Waals surface area (Å²) in [6.45, 7) is -0.150. The van der Waals surface area contributed by atoms with Gasteiger partial charge in [-0.05, 0) is 18.2 Å². The number of carboxylic acid groups (broad SMARTS) is 1. The number of hydrogen-bond acceptors (Lipinski definition) is 5. The summed E-state index contributed by atoms with van der Waals surface area (Å²) in [6.07, 6.45) is 1.61. The first kappa shape index (κ1) is 12.9. The minimum Gasteiger partial charge on any atom is -0.496 e. The molecule has 0 saturated carbocycles. The Morgan fingerprint density at radius 2 is 2.21 bits per heavy atom. The summed E-state index contributed by atoms with van der Waals surface area (Å²) in [7, 11) is 3.24. The molecule has 6 nitrogen and oxygen atoms in total. The van der Waals surface area contributed by atoms with Crippen LogP contribution in [0.25, 0.3) is 10.8 Å². The van der Waals surface area contributed by atoms with Crippen LogP contribution in [0.15, 0.2) is 24.4 Å². The number of nitrogens with two attached hydrogens (primary N) is 1. The molecule has 1 heterocycles. The average molecular weight is 261 g/mol. The summed E-state index contributed by atoms with van der Waals surface area (Å²) in [4.78, 5) is 16.6. The van der Waals surface area contributed by atoms with Crippen molar-refractivity contribution in [3.05, 3.63) is 24.4 Å². The van der Waals surface area contributed by atoms with Gasteiger partial charge in [-0.2, -0.15) is 0 Å². The van der Waals surface area contributed by atoms with Crippen LogP contribution in [0.1, 0.15) is 0 Å². The van der Waals surface area contributed by atoms with Gasteiger partial charge in [-0.3, -0.25) is 4.79 Å². The molecule has 2 aromatic rings. The maximum atomic E-state index is 10.8. The van der Waals surface area contributed by atoms with Gasteiger partial charge in [-0.1, -0.05) is 0 Å². The molecule has 0 atom stereocenters. The van der Waals surface area contributed by atoms with Crippen LogP contribution < -0.4 is 15.4 Å². The fourth-order valence-electron chi connectivity index (χ4n) is 2.02. The summed E-state index contributed by atoms with van der Waals surface area (Å²) in [5.74, 6) is 0.274. The topological polar surface area (TPSA) is 88.7 Å². The number of pyridine rings is 1. The second kappa shape index (κ2) is 5.01. The normalized spacial score (nSPS) is 10.4. The molecule has 1 aromatic carbocycles. The molecular weight excluding hydrogens is 246 g/mol. The van der Waals surface area contributed by atoms with Crippen LogP contribution in [0.5, 0.6) is 5.75 Å². The van der Waals surface area contributed by atoms with Crippen LogP contribution in [-0.4, -0.2) is 36.8 Å². The van der Waals surface area contributed by atoms with Gasteiger partial charge in [0.1, 0.15) is 18.1 Å². The fourth-order valence-corrected chi connectivity index (χ4v) is 2.02. The Labute approximate surface area is 110 Å². The van der Waals surface area contributed by atoms with Crippen molar-refractivity contribution in [3.8, 4) is 5.75 Å². The smallest absolute Gasteiger partial charge is 0.323 e. The highest BCUT2D eigenvalue weighted by atomic mass is 16.5. The van der Waals surface area contributed by atoms with Crippen molar-refractivity contribution in [2.75, 3.05) is 31.3 Å². The highest BCUT2D eigenvalue weighted by Gasteiger charge is 2.14. The van der Waals surface area contributed by atoms with E-state index < -0.39 is 5.97 Å². The molecule has 0 aliphatic heterocycles. The molecule has 0 radical (unpaired) electrons. The molecule has 0 aliphatic rings. The van der Waals surface area contributed by atoms with Gasteiger partial charge in [0.15, 0.2) is 0 Å². The van der Waals surface area contributed by atoms with E-state index in [9.17, 15) is 4.79 Å². The number of carboxylic acids is 1. The van der Waals surface area contributed by atoms with Gasteiger partial charge in [0.2, 0.25) is 0 Å². The number of benzene rings is 1. The lowest BCUT2D eigenvalue weighted by atomic mass is 10.1. The van der Waals surface area contributed by atoms with Gasteiger partial charge >= 0.3 is 5.97 Å². The molecule has 0 bridgehead atoms. The summed E-state index contributed by atoms with van der Waals surface area (Å²) >= 11 is 0. The van der Waals surface area contributed by atoms with Crippen LogP contribution in [0, 0.1) is 0 Å². The first-order valence-corrected chi connectivity index (χ1v) is 5.68. The molecular formula is C13H15N3O3. The molecule has 1 aromatic heterocycles. The zero-order valence-electron chi connectivity index (χ0n) is 10.8. The van der Waals surface area contributed by atoms with Crippen LogP contribution in [0.3, 0.4) is 0 Å². The quantitative estimate of drug-likeness (QED) is 0.807. The predicted molar refractivity (Wildman–Crippen MR) is 73.6 cm³/mol. The number of nitrogen functional groups attached to an aromatic ring is 1. The fraction of sp³-hybridized carbons (Fsp3) is 0.231. The highest BCUT2D eigenvalue weighted by molar-refractivity contribution is 6.04. The first-order valence-electron chi connectivity index (χ1n) is 5.68. The number of anilines is 2. The lowest BCUT2D eigenvalue weighted by Gasteiger charge is -2.19. The van der Waals surface area contributed by atoms with Crippen LogP contribution >= 0.6 is 0 Å². The Bertz CT molecular complexity index is 628. The zero-order chi connectivity index (χ0) is 14.0. The molecule has 0 amide bonds. The molecule has 0 unspecified atom stereocenters. The van der Waals surface area contributed by atoms with Crippen molar-refractivity contribution in [1.82, 2.24) is 4.98 Å². The third kappa shape index (κ3) is 2.37. The molecule has 0 saturated heterocycles. The van der Waals surface area contributed by atoms with E-state index in [0.29, 0.717) is 22.6 Å². The van der Waals surface area contributed by atoms with Crippen molar-refractivity contribution in [1.29, 1.82) is 0 Å². The van der Waals surface area contributed by atoms with Gasteiger partial charge in [0, 0.05) is 24.3 Å². The largest absolute Gasteiger partial charge is 0.496 e. The molecule has 100 valence electrons. The second-order valence-electron chi connectivity index (χ2n) is 4.16. The molecule has 2 rings (SSSR count). The third-order valence-electron chi connectivity index (χ3n) is 2.85. The minimum atomic E-state index is -0.928. The van der Waals surface area contributed by atoms with Crippen molar-refractivity contribution in [2.45, 2.75) is 0 Å². The number of likely N-dealkylation sites (N-methyl/N-ethyl adjacent to an activating group) is 1. The number of ether oxygens (including phenoxy) is 1. The number of carbonyl (C=O) groups is 1. The number of hydrogen-bond donors (Lipinski definition) is 2. The average Bonchev–Trinajstić information content (AvgIpc) is 2.38. The molecule has 0 spiro atoms. The lowest BCUT2D eigenvalue weighted by molar-refractivity contribution is -0.135. The maximum absolute atomic E-state index is 10.8. The highest BCUT2D eigenvalue weighted by Crippen LogP contribution is 2.34. The van der Waals surface area contributed by atoms with Crippen LogP contribution in [0.2, 0.25) is 0 Å². The molecule has 6 heteroatoms. The number of aliphatic carboxylic acids is 1. The van der Waals surface area contributed by atoms with E-state index in [1.54, 1.807) is 43.5 Å². The van der Waals surface area contributed by atoms with Gasteiger partial charge in [-0.15, -0.1) is 0 Å². The van der Waals surface area contributed by atoms with E-state index in [0.717, 1.165) is 5.39 Å².